The minimum absolute atomic E-state index is 0.273. The van der Waals surface area contributed by atoms with E-state index in [0.717, 1.165) is 11.1 Å². The van der Waals surface area contributed by atoms with Gasteiger partial charge in [-0.2, -0.15) is 0 Å². The third-order valence-electron chi connectivity index (χ3n) is 3.64. The summed E-state index contributed by atoms with van der Waals surface area (Å²) in [5, 5.41) is 0.273. The zero-order chi connectivity index (χ0) is 13.3. The first-order chi connectivity index (χ1) is 7.63. The van der Waals surface area contributed by atoms with Crippen molar-refractivity contribution in [3.8, 4) is 0 Å². The normalized spacial score (nSPS) is 12.9. The molecule has 0 aliphatic heterocycles. The van der Waals surface area contributed by atoms with Crippen molar-refractivity contribution in [1.29, 1.82) is 0 Å². The molecule has 0 saturated carbocycles. The smallest absolute Gasteiger partial charge is 0.192 e. The lowest BCUT2D eigenvalue weighted by Gasteiger charge is -2.36. The van der Waals surface area contributed by atoms with Crippen LogP contribution in [0.2, 0.25) is 18.1 Å². The number of benzene rings is 1. The number of hydrogen-bond acceptors (Lipinski definition) is 1. The summed E-state index contributed by atoms with van der Waals surface area (Å²) in [5.74, 6) is 0. The van der Waals surface area contributed by atoms with Crippen LogP contribution in [0.5, 0.6) is 0 Å². The van der Waals surface area contributed by atoms with Gasteiger partial charge in [0.15, 0.2) is 8.32 Å². The van der Waals surface area contributed by atoms with E-state index in [2.05, 4.69) is 74.9 Å². The minimum Gasteiger partial charge on any atom is -0.413 e. The first kappa shape index (κ1) is 14.9. The second-order valence-electron chi connectivity index (χ2n) is 6.13. The first-order valence-electron chi connectivity index (χ1n) is 6.02. The Labute approximate surface area is 115 Å². The highest BCUT2D eigenvalue weighted by atomic mass is 79.9. The molecule has 0 amide bonds. The standard InChI is InChI=1S/C14H23BrOSi/c1-11-7-8-12(9-13(11)15)10-16-17(5,6)14(2,3)4/h7-9H,10H2,1-6H3. The van der Waals surface area contributed by atoms with Gasteiger partial charge in [-0.3, -0.25) is 0 Å². The molecule has 0 heterocycles. The van der Waals surface area contributed by atoms with Gasteiger partial charge in [-0.1, -0.05) is 48.8 Å². The summed E-state index contributed by atoms with van der Waals surface area (Å²) >= 11 is 3.56. The van der Waals surface area contributed by atoms with Crippen molar-refractivity contribution < 1.29 is 4.43 Å². The van der Waals surface area contributed by atoms with Crippen molar-refractivity contribution in [2.24, 2.45) is 0 Å². The van der Waals surface area contributed by atoms with Crippen molar-refractivity contribution in [2.75, 3.05) is 0 Å². The number of rotatable bonds is 3. The summed E-state index contributed by atoms with van der Waals surface area (Å²) in [7, 11) is -1.63. The Balaban J connectivity index is 2.71. The molecule has 1 nitrogen and oxygen atoms in total. The molecule has 0 aliphatic carbocycles. The van der Waals surface area contributed by atoms with Crippen LogP contribution in [0.25, 0.3) is 0 Å². The maximum absolute atomic E-state index is 6.19. The van der Waals surface area contributed by atoms with Crippen molar-refractivity contribution in [3.63, 3.8) is 0 Å². The Bertz CT molecular complexity index is 394. The van der Waals surface area contributed by atoms with Crippen LogP contribution in [0.4, 0.5) is 0 Å². The van der Waals surface area contributed by atoms with Crippen LogP contribution < -0.4 is 0 Å². The molecule has 1 aromatic rings. The Hall–Kier alpha value is -0.123. The summed E-state index contributed by atoms with van der Waals surface area (Å²) in [6, 6.07) is 6.43. The maximum atomic E-state index is 6.19. The highest BCUT2D eigenvalue weighted by Gasteiger charge is 2.36. The fraction of sp³-hybridized carbons (Fsp3) is 0.571. The number of halogens is 1. The molecule has 17 heavy (non-hydrogen) atoms. The second kappa shape index (κ2) is 5.25. The topological polar surface area (TPSA) is 9.23 Å². The summed E-state index contributed by atoms with van der Waals surface area (Å²) in [5.41, 5.74) is 2.51. The van der Waals surface area contributed by atoms with Crippen molar-refractivity contribution in [2.45, 2.75) is 52.4 Å². The fourth-order valence-corrected chi connectivity index (χ4v) is 2.59. The minimum atomic E-state index is -1.63. The Morgan fingerprint density at radius 3 is 2.29 bits per heavy atom. The van der Waals surface area contributed by atoms with Gasteiger partial charge in [0.2, 0.25) is 0 Å². The van der Waals surface area contributed by atoms with E-state index in [9.17, 15) is 0 Å². The summed E-state index contributed by atoms with van der Waals surface area (Å²) in [6.07, 6.45) is 0. The van der Waals surface area contributed by atoms with Crippen molar-refractivity contribution in [3.05, 3.63) is 33.8 Å². The van der Waals surface area contributed by atoms with E-state index in [1.165, 1.54) is 11.1 Å². The molecule has 0 atom stereocenters. The molecule has 0 unspecified atom stereocenters. The van der Waals surface area contributed by atoms with E-state index in [-0.39, 0.29) is 5.04 Å². The summed E-state index contributed by atoms with van der Waals surface area (Å²) in [6.45, 7) is 14.2. The van der Waals surface area contributed by atoms with Crippen LogP contribution >= 0.6 is 15.9 Å². The molecule has 0 bridgehead atoms. The molecule has 1 rings (SSSR count). The van der Waals surface area contributed by atoms with Gasteiger partial charge in [-0.15, -0.1) is 0 Å². The molecule has 0 aliphatic rings. The van der Waals surface area contributed by atoms with Gasteiger partial charge in [0.1, 0.15) is 0 Å². The largest absolute Gasteiger partial charge is 0.413 e. The zero-order valence-electron chi connectivity index (χ0n) is 11.7. The van der Waals surface area contributed by atoms with Gasteiger partial charge in [0.05, 0.1) is 6.61 Å². The van der Waals surface area contributed by atoms with Crippen LogP contribution in [0, 0.1) is 6.92 Å². The highest BCUT2D eigenvalue weighted by molar-refractivity contribution is 9.10. The van der Waals surface area contributed by atoms with Crippen LogP contribution in [-0.4, -0.2) is 8.32 Å². The second-order valence-corrected chi connectivity index (χ2v) is 11.8. The van der Waals surface area contributed by atoms with E-state index in [1.807, 2.05) is 0 Å². The molecule has 0 aromatic heterocycles. The molecule has 0 radical (unpaired) electrons. The monoisotopic (exact) mass is 314 g/mol. The Kier molecular flexibility index (Phi) is 4.61. The molecular formula is C14H23BrOSi. The lowest BCUT2D eigenvalue weighted by molar-refractivity contribution is 0.276. The van der Waals surface area contributed by atoms with Gasteiger partial charge in [0, 0.05) is 4.47 Å². The lowest BCUT2D eigenvalue weighted by Crippen LogP contribution is -2.40. The van der Waals surface area contributed by atoms with E-state index >= 15 is 0 Å². The lowest BCUT2D eigenvalue weighted by atomic mass is 10.2. The average molecular weight is 315 g/mol. The third kappa shape index (κ3) is 3.93. The van der Waals surface area contributed by atoms with E-state index in [0.29, 0.717) is 0 Å². The third-order valence-corrected chi connectivity index (χ3v) is 8.97. The van der Waals surface area contributed by atoms with Gasteiger partial charge in [0.25, 0.3) is 0 Å². The zero-order valence-corrected chi connectivity index (χ0v) is 14.3. The molecule has 96 valence electrons. The highest BCUT2D eigenvalue weighted by Crippen LogP contribution is 2.37. The van der Waals surface area contributed by atoms with E-state index in [4.69, 9.17) is 4.43 Å². The molecule has 0 saturated heterocycles. The van der Waals surface area contributed by atoms with E-state index in [1.54, 1.807) is 0 Å². The molecule has 0 N–H and O–H groups in total. The number of aryl methyl sites for hydroxylation is 1. The molecule has 0 fully saturated rings. The van der Waals surface area contributed by atoms with E-state index < -0.39 is 8.32 Å². The summed E-state index contributed by atoms with van der Waals surface area (Å²) < 4.78 is 7.35. The molecule has 1 aromatic carbocycles. The van der Waals surface area contributed by atoms with Gasteiger partial charge in [-0.05, 0) is 42.2 Å². The summed E-state index contributed by atoms with van der Waals surface area (Å²) in [4.78, 5) is 0. The molecular weight excluding hydrogens is 292 g/mol. The van der Waals surface area contributed by atoms with Crippen LogP contribution in [0.15, 0.2) is 22.7 Å². The SMILES string of the molecule is Cc1ccc(CO[Si](C)(C)C(C)(C)C)cc1Br. The number of hydrogen-bond donors (Lipinski definition) is 0. The van der Waals surface area contributed by atoms with Crippen LogP contribution in [0.1, 0.15) is 31.9 Å². The van der Waals surface area contributed by atoms with Crippen molar-refractivity contribution >= 4 is 24.2 Å². The van der Waals surface area contributed by atoms with Crippen LogP contribution in [-0.2, 0) is 11.0 Å². The first-order valence-corrected chi connectivity index (χ1v) is 9.72. The molecule has 0 spiro atoms. The average Bonchev–Trinajstić information content (AvgIpc) is 2.18. The Morgan fingerprint density at radius 1 is 1.24 bits per heavy atom. The molecule has 3 heteroatoms. The van der Waals surface area contributed by atoms with Crippen LogP contribution in [0.3, 0.4) is 0 Å². The Morgan fingerprint density at radius 2 is 1.82 bits per heavy atom. The quantitative estimate of drug-likeness (QED) is 0.690. The maximum Gasteiger partial charge on any atom is 0.192 e. The van der Waals surface area contributed by atoms with Crippen molar-refractivity contribution in [1.82, 2.24) is 0 Å². The van der Waals surface area contributed by atoms with Gasteiger partial charge >= 0.3 is 0 Å². The van der Waals surface area contributed by atoms with Gasteiger partial charge < -0.3 is 4.43 Å². The fourth-order valence-electron chi connectivity index (χ4n) is 1.21. The predicted molar refractivity (Wildman–Crippen MR) is 80.9 cm³/mol. The van der Waals surface area contributed by atoms with Gasteiger partial charge in [-0.25, -0.2) is 0 Å². The predicted octanol–water partition coefficient (Wildman–Crippen LogP) is 5.28.